The molecule has 12 heavy (non-hydrogen) atoms. The second kappa shape index (κ2) is 3.72. The Morgan fingerprint density at radius 2 is 2.25 bits per heavy atom. The van der Waals surface area contributed by atoms with Crippen LogP contribution >= 0.6 is 0 Å². The van der Waals surface area contributed by atoms with Gasteiger partial charge in [0.1, 0.15) is 0 Å². The minimum Gasteiger partial charge on any atom is -0.299 e. The highest BCUT2D eigenvalue weighted by molar-refractivity contribution is 5.02. The predicted molar refractivity (Wildman–Crippen MR) is 47.4 cm³/mol. The summed E-state index contributed by atoms with van der Waals surface area (Å²) in [4.78, 5) is 2.46. The summed E-state index contributed by atoms with van der Waals surface area (Å²) in [5, 5.41) is 6.76. The van der Waals surface area contributed by atoms with Gasteiger partial charge < -0.3 is 0 Å². The quantitative estimate of drug-likeness (QED) is 0.712. The average Bonchev–Trinajstić information content (AvgIpc) is 2.59. The lowest BCUT2D eigenvalue weighted by molar-refractivity contribution is 0.246. The highest BCUT2D eigenvalue weighted by Gasteiger charge is 2.10. The summed E-state index contributed by atoms with van der Waals surface area (Å²) < 4.78 is 0. The molecule has 1 aromatic rings. The molecule has 2 heterocycles. The van der Waals surface area contributed by atoms with Gasteiger partial charge in [-0.25, -0.2) is 0 Å². The molecule has 1 radical (unpaired) electrons. The third kappa shape index (κ3) is 1.85. The van der Waals surface area contributed by atoms with E-state index in [4.69, 9.17) is 0 Å². The summed E-state index contributed by atoms with van der Waals surface area (Å²) in [5.74, 6) is 0. The van der Waals surface area contributed by atoms with Gasteiger partial charge in [-0.05, 0) is 32.4 Å². The zero-order valence-electron chi connectivity index (χ0n) is 7.16. The van der Waals surface area contributed by atoms with Crippen molar-refractivity contribution in [3.05, 3.63) is 24.4 Å². The molecule has 0 atom stereocenters. The Balaban J connectivity index is 1.86. The first kappa shape index (κ1) is 7.80. The van der Waals surface area contributed by atoms with Gasteiger partial charge in [0.2, 0.25) is 0 Å². The molecule has 0 bridgehead atoms. The number of likely N-dealkylation sites (tertiary alicyclic amines) is 1. The molecule has 1 aliphatic rings. The molecule has 2 rings (SSSR count). The van der Waals surface area contributed by atoms with E-state index in [0.29, 0.717) is 0 Å². The van der Waals surface area contributed by atoms with Crippen molar-refractivity contribution in [1.29, 1.82) is 0 Å². The number of hydrogen-bond acceptors (Lipinski definition) is 2. The monoisotopic (exact) mass is 164 g/mol. The van der Waals surface area contributed by atoms with Crippen LogP contribution in [-0.4, -0.2) is 28.2 Å². The SMILES string of the molecule is [CH]1CCN(Cc2cn[nH]c2)CC1. The lowest BCUT2D eigenvalue weighted by Gasteiger charge is -2.25. The highest BCUT2D eigenvalue weighted by Crippen LogP contribution is 2.10. The number of nitrogens with zero attached hydrogens (tertiary/aromatic N) is 2. The number of piperidine rings is 1. The van der Waals surface area contributed by atoms with Gasteiger partial charge in [-0.3, -0.25) is 10.00 Å². The Hall–Kier alpha value is -0.830. The Kier molecular flexibility index (Phi) is 2.42. The molecule has 3 nitrogen and oxygen atoms in total. The number of nitrogens with one attached hydrogen (secondary N) is 1. The molecular formula is C9H14N3. The van der Waals surface area contributed by atoms with Crippen molar-refractivity contribution in [2.45, 2.75) is 19.4 Å². The van der Waals surface area contributed by atoms with E-state index in [0.717, 1.165) is 6.54 Å². The third-order valence-corrected chi connectivity index (χ3v) is 2.26. The molecule has 3 heteroatoms. The van der Waals surface area contributed by atoms with Crippen molar-refractivity contribution in [3.8, 4) is 0 Å². The van der Waals surface area contributed by atoms with Gasteiger partial charge >= 0.3 is 0 Å². The van der Waals surface area contributed by atoms with E-state index >= 15 is 0 Å². The summed E-state index contributed by atoms with van der Waals surface area (Å²) in [6.07, 6.45) is 8.71. The van der Waals surface area contributed by atoms with Crippen LogP contribution in [0.1, 0.15) is 18.4 Å². The zero-order chi connectivity index (χ0) is 8.23. The molecule has 0 spiro atoms. The van der Waals surface area contributed by atoms with Crippen molar-refractivity contribution in [2.24, 2.45) is 0 Å². The fourth-order valence-corrected chi connectivity index (χ4v) is 1.58. The molecule has 0 saturated carbocycles. The van der Waals surface area contributed by atoms with Crippen LogP contribution in [0.4, 0.5) is 0 Å². The van der Waals surface area contributed by atoms with Gasteiger partial charge in [0, 0.05) is 18.3 Å². The molecule has 1 fully saturated rings. The van der Waals surface area contributed by atoms with Gasteiger partial charge in [0.15, 0.2) is 0 Å². The molecule has 0 aliphatic carbocycles. The van der Waals surface area contributed by atoms with Crippen LogP contribution in [0.3, 0.4) is 0 Å². The third-order valence-electron chi connectivity index (χ3n) is 2.26. The summed E-state index contributed by atoms with van der Waals surface area (Å²) in [7, 11) is 0. The molecule has 1 aliphatic heterocycles. The van der Waals surface area contributed by atoms with E-state index in [1.165, 1.54) is 31.5 Å². The van der Waals surface area contributed by atoms with Crippen LogP contribution in [0, 0.1) is 6.42 Å². The first-order chi connectivity index (χ1) is 5.95. The molecule has 0 aromatic carbocycles. The fourth-order valence-electron chi connectivity index (χ4n) is 1.58. The first-order valence-corrected chi connectivity index (χ1v) is 4.47. The Morgan fingerprint density at radius 1 is 1.42 bits per heavy atom. The number of H-pyrrole nitrogens is 1. The Bertz CT molecular complexity index is 212. The smallest absolute Gasteiger partial charge is 0.0532 e. The average molecular weight is 164 g/mol. The number of hydrogen-bond donors (Lipinski definition) is 1. The van der Waals surface area contributed by atoms with Gasteiger partial charge in [0.05, 0.1) is 6.20 Å². The zero-order valence-corrected chi connectivity index (χ0v) is 7.16. The van der Waals surface area contributed by atoms with Crippen molar-refractivity contribution < 1.29 is 0 Å². The predicted octanol–water partition coefficient (Wildman–Crippen LogP) is 1.21. The molecule has 1 N–H and O–H groups in total. The van der Waals surface area contributed by atoms with Crippen LogP contribution in [-0.2, 0) is 6.54 Å². The number of aromatic nitrogens is 2. The van der Waals surface area contributed by atoms with E-state index in [1.807, 2.05) is 12.4 Å². The molecule has 0 amide bonds. The van der Waals surface area contributed by atoms with E-state index in [1.54, 1.807) is 0 Å². The van der Waals surface area contributed by atoms with Crippen molar-refractivity contribution in [1.82, 2.24) is 15.1 Å². The number of aromatic amines is 1. The first-order valence-electron chi connectivity index (χ1n) is 4.47. The van der Waals surface area contributed by atoms with Crippen molar-refractivity contribution >= 4 is 0 Å². The van der Waals surface area contributed by atoms with E-state index < -0.39 is 0 Å². The Morgan fingerprint density at radius 3 is 2.92 bits per heavy atom. The maximum atomic E-state index is 3.93. The van der Waals surface area contributed by atoms with Crippen LogP contribution in [0.2, 0.25) is 0 Å². The van der Waals surface area contributed by atoms with Crippen LogP contribution in [0.5, 0.6) is 0 Å². The molecule has 65 valence electrons. The lowest BCUT2D eigenvalue weighted by Crippen LogP contribution is -2.29. The van der Waals surface area contributed by atoms with Gasteiger partial charge in [0.25, 0.3) is 0 Å². The van der Waals surface area contributed by atoms with Crippen LogP contribution in [0.25, 0.3) is 0 Å². The maximum absolute atomic E-state index is 3.93. The summed E-state index contributed by atoms with van der Waals surface area (Å²) >= 11 is 0. The fraction of sp³-hybridized carbons (Fsp3) is 0.556. The van der Waals surface area contributed by atoms with E-state index in [9.17, 15) is 0 Å². The van der Waals surface area contributed by atoms with Gasteiger partial charge in [-0.2, -0.15) is 5.10 Å². The van der Waals surface area contributed by atoms with E-state index in [-0.39, 0.29) is 0 Å². The minimum atomic E-state index is 1.05. The molecule has 1 aromatic heterocycles. The number of rotatable bonds is 2. The minimum absolute atomic E-state index is 1.05. The highest BCUT2D eigenvalue weighted by atomic mass is 15.1. The van der Waals surface area contributed by atoms with Crippen molar-refractivity contribution in [2.75, 3.05) is 13.1 Å². The molecule has 0 unspecified atom stereocenters. The normalized spacial score (nSPS) is 19.7. The lowest BCUT2D eigenvalue weighted by atomic mass is 10.1. The van der Waals surface area contributed by atoms with Crippen LogP contribution < -0.4 is 0 Å². The topological polar surface area (TPSA) is 31.9 Å². The molecular weight excluding hydrogens is 150 g/mol. The summed E-state index contributed by atoms with van der Waals surface area (Å²) in [6, 6.07) is 0. The second-order valence-corrected chi connectivity index (χ2v) is 3.25. The maximum Gasteiger partial charge on any atom is 0.0532 e. The van der Waals surface area contributed by atoms with Crippen molar-refractivity contribution in [3.63, 3.8) is 0 Å². The largest absolute Gasteiger partial charge is 0.299 e. The van der Waals surface area contributed by atoms with Gasteiger partial charge in [-0.1, -0.05) is 0 Å². The van der Waals surface area contributed by atoms with E-state index in [2.05, 4.69) is 21.5 Å². The summed E-state index contributed by atoms with van der Waals surface area (Å²) in [5.41, 5.74) is 1.29. The standard InChI is InChI=1S/C9H14N3/c1-2-4-12(5-3-1)8-9-6-10-11-7-9/h1,6-7H,2-5,8H2,(H,10,11). The van der Waals surface area contributed by atoms with Gasteiger partial charge in [-0.15, -0.1) is 0 Å². The van der Waals surface area contributed by atoms with Crippen LogP contribution in [0.15, 0.2) is 12.4 Å². The summed E-state index contributed by atoms with van der Waals surface area (Å²) in [6.45, 7) is 3.45. The molecule has 1 saturated heterocycles. The Labute approximate surface area is 72.8 Å². The second-order valence-electron chi connectivity index (χ2n) is 3.25.